The molecule has 0 unspecified atom stereocenters. The number of nitrogens with two attached hydrogens (primary N) is 1. The van der Waals surface area contributed by atoms with Crippen LogP contribution in [0, 0.1) is 0 Å². The first kappa shape index (κ1) is 15.6. The summed E-state index contributed by atoms with van der Waals surface area (Å²) in [5.74, 6) is 0.620. The maximum Gasteiger partial charge on any atom is 0.243 e. The van der Waals surface area contributed by atoms with Gasteiger partial charge in [0.2, 0.25) is 10.0 Å². The van der Waals surface area contributed by atoms with E-state index >= 15 is 0 Å². The molecule has 2 rings (SSSR count). The standard InChI is InChI=1S/C13H19N3O4S/c1-20-11-4-6-12(7-5-11)21(18,19)16(10-2-3-10)9-8-13(14)15-17/h4-7,10,17H,2-3,8-9H2,1H3,(H2,14,15). The number of amidine groups is 1. The van der Waals surface area contributed by atoms with Crippen molar-refractivity contribution in [2.45, 2.75) is 30.2 Å². The van der Waals surface area contributed by atoms with Crippen LogP contribution in [0.2, 0.25) is 0 Å². The van der Waals surface area contributed by atoms with Gasteiger partial charge in [-0.15, -0.1) is 0 Å². The Kier molecular flexibility index (Phi) is 4.69. The molecule has 0 amide bonds. The quantitative estimate of drug-likeness (QED) is 0.338. The van der Waals surface area contributed by atoms with E-state index in [0.29, 0.717) is 5.75 Å². The topological polar surface area (TPSA) is 105 Å². The molecule has 1 aromatic rings. The molecular formula is C13H19N3O4S. The van der Waals surface area contributed by atoms with Gasteiger partial charge in [0.25, 0.3) is 0 Å². The van der Waals surface area contributed by atoms with Gasteiger partial charge in [-0.1, -0.05) is 5.16 Å². The maximum absolute atomic E-state index is 12.7. The van der Waals surface area contributed by atoms with Crippen LogP contribution in [-0.2, 0) is 10.0 Å². The fourth-order valence-electron chi connectivity index (χ4n) is 2.02. The van der Waals surface area contributed by atoms with Crippen LogP contribution in [0.4, 0.5) is 0 Å². The first-order chi connectivity index (χ1) is 9.98. The third-order valence-corrected chi connectivity index (χ3v) is 5.30. The summed E-state index contributed by atoms with van der Waals surface area (Å²) >= 11 is 0. The molecule has 7 nitrogen and oxygen atoms in total. The molecule has 0 saturated heterocycles. The second-order valence-corrected chi connectivity index (χ2v) is 6.75. The Morgan fingerprint density at radius 3 is 2.52 bits per heavy atom. The van der Waals surface area contributed by atoms with Crippen molar-refractivity contribution >= 4 is 15.9 Å². The van der Waals surface area contributed by atoms with Crippen molar-refractivity contribution in [2.24, 2.45) is 10.9 Å². The van der Waals surface area contributed by atoms with Gasteiger partial charge in [-0.2, -0.15) is 4.31 Å². The van der Waals surface area contributed by atoms with Gasteiger partial charge in [0.15, 0.2) is 0 Å². The summed E-state index contributed by atoms with van der Waals surface area (Å²) in [7, 11) is -2.06. The average Bonchev–Trinajstić information content (AvgIpc) is 3.31. The summed E-state index contributed by atoms with van der Waals surface area (Å²) in [6.07, 6.45) is 1.87. The molecule has 0 atom stereocenters. The second kappa shape index (κ2) is 6.31. The minimum Gasteiger partial charge on any atom is -0.497 e. The Bertz CT molecular complexity index is 609. The zero-order chi connectivity index (χ0) is 15.5. The van der Waals surface area contributed by atoms with E-state index in [1.807, 2.05) is 0 Å². The van der Waals surface area contributed by atoms with Gasteiger partial charge < -0.3 is 15.7 Å². The highest BCUT2D eigenvalue weighted by molar-refractivity contribution is 7.89. The molecule has 1 aliphatic carbocycles. The molecule has 8 heteroatoms. The van der Waals surface area contributed by atoms with Crippen LogP contribution in [0.15, 0.2) is 34.3 Å². The van der Waals surface area contributed by atoms with E-state index in [0.717, 1.165) is 12.8 Å². The molecule has 116 valence electrons. The molecule has 1 aromatic carbocycles. The van der Waals surface area contributed by atoms with Crippen LogP contribution >= 0.6 is 0 Å². The Hall–Kier alpha value is -1.80. The number of sulfonamides is 1. The molecule has 1 aliphatic rings. The van der Waals surface area contributed by atoms with Crippen molar-refractivity contribution in [3.05, 3.63) is 24.3 Å². The maximum atomic E-state index is 12.7. The van der Waals surface area contributed by atoms with Gasteiger partial charge in [0.1, 0.15) is 11.6 Å². The third-order valence-electron chi connectivity index (χ3n) is 3.34. The van der Waals surface area contributed by atoms with Gasteiger partial charge in [-0.05, 0) is 37.1 Å². The third kappa shape index (κ3) is 3.64. The molecule has 1 fully saturated rings. The van der Waals surface area contributed by atoms with Crippen molar-refractivity contribution in [2.75, 3.05) is 13.7 Å². The van der Waals surface area contributed by atoms with E-state index in [-0.39, 0.29) is 29.7 Å². The van der Waals surface area contributed by atoms with Crippen molar-refractivity contribution in [3.8, 4) is 5.75 Å². The van der Waals surface area contributed by atoms with Gasteiger partial charge in [0.05, 0.1) is 12.0 Å². The van der Waals surface area contributed by atoms with Crippen molar-refractivity contribution in [1.29, 1.82) is 0 Å². The van der Waals surface area contributed by atoms with Crippen LogP contribution in [0.5, 0.6) is 5.75 Å². The predicted molar refractivity (Wildman–Crippen MR) is 77.9 cm³/mol. The van der Waals surface area contributed by atoms with E-state index < -0.39 is 10.0 Å². The van der Waals surface area contributed by atoms with E-state index in [1.165, 1.54) is 23.5 Å². The zero-order valence-corrected chi connectivity index (χ0v) is 12.6. The van der Waals surface area contributed by atoms with E-state index in [9.17, 15) is 8.42 Å². The highest BCUT2D eigenvalue weighted by Gasteiger charge is 2.37. The number of nitrogens with zero attached hydrogens (tertiary/aromatic N) is 2. The van der Waals surface area contributed by atoms with E-state index in [2.05, 4.69) is 5.16 Å². The van der Waals surface area contributed by atoms with Gasteiger partial charge in [-0.25, -0.2) is 8.42 Å². The molecule has 0 bridgehead atoms. The highest BCUT2D eigenvalue weighted by atomic mass is 32.2. The van der Waals surface area contributed by atoms with Gasteiger partial charge in [-0.3, -0.25) is 0 Å². The van der Waals surface area contributed by atoms with Crippen LogP contribution < -0.4 is 10.5 Å². The number of oxime groups is 1. The number of hydrogen-bond donors (Lipinski definition) is 2. The van der Waals surface area contributed by atoms with Crippen LogP contribution in [-0.4, -0.2) is 43.5 Å². The lowest BCUT2D eigenvalue weighted by atomic mass is 10.3. The van der Waals surface area contributed by atoms with Crippen molar-refractivity contribution in [3.63, 3.8) is 0 Å². The van der Waals surface area contributed by atoms with Gasteiger partial charge >= 0.3 is 0 Å². The lowest BCUT2D eigenvalue weighted by Gasteiger charge is -2.21. The molecule has 0 spiro atoms. The number of hydrogen-bond acceptors (Lipinski definition) is 5. The van der Waals surface area contributed by atoms with E-state index in [4.69, 9.17) is 15.7 Å². The number of benzene rings is 1. The fraction of sp³-hybridized carbons (Fsp3) is 0.462. The first-order valence-electron chi connectivity index (χ1n) is 6.61. The van der Waals surface area contributed by atoms with Crippen LogP contribution in [0.1, 0.15) is 19.3 Å². The highest BCUT2D eigenvalue weighted by Crippen LogP contribution is 2.32. The molecule has 0 aromatic heterocycles. The molecule has 21 heavy (non-hydrogen) atoms. The molecule has 1 saturated carbocycles. The largest absolute Gasteiger partial charge is 0.497 e. The number of ether oxygens (including phenoxy) is 1. The molecular weight excluding hydrogens is 294 g/mol. The number of rotatable bonds is 7. The normalized spacial score (nSPS) is 16.2. The molecule has 0 aliphatic heterocycles. The lowest BCUT2D eigenvalue weighted by molar-refractivity contribution is 0.315. The monoisotopic (exact) mass is 313 g/mol. The Morgan fingerprint density at radius 2 is 2.05 bits per heavy atom. The Balaban J connectivity index is 2.20. The summed E-state index contributed by atoms with van der Waals surface area (Å²) in [6.45, 7) is 0.203. The minimum absolute atomic E-state index is 0.00333. The van der Waals surface area contributed by atoms with E-state index in [1.54, 1.807) is 12.1 Å². The second-order valence-electron chi connectivity index (χ2n) is 4.86. The van der Waals surface area contributed by atoms with Crippen LogP contribution in [0.25, 0.3) is 0 Å². The first-order valence-corrected chi connectivity index (χ1v) is 8.05. The summed E-state index contributed by atoms with van der Waals surface area (Å²) < 4.78 is 31.8. The smallest absolute Gasteiger partial charge is 0.243 e. The summed E-state index contributed by atoms with van der Waals surface area (Å²) in [4.78, 5) is 0.217. The Labute approximate surface area is 124 Å². The van der Waals surface area contributed by atoms with Gasteiger partial charge in [0, 0.05) is 19.0 Å². The summed E-state index contributed by atoms with van der Waals surface area (Å²) in [5, 5.41) is 11.4. The molecule has 0 radical (unpaired) electrons. The fourth-order valence-corrected chi connectivity index (χ4v) is 3.71. The van der Waals surface area contributed by atoms with Crippen molar-refractivity contribution in [1.82, 2.24) is 4.31 Å². The summed E-state index contributed by atoms with van der Waals surface area (Å²) in [5.41, 5.74) is 5.42. The SMILES string of the molecule is COc1ccc(S(=O)(=O)N(CCC(N)=NO)C2CC2)cc1. The predicted octanol–water partition coefficient (Wildman–Crippen LogP) is 0.985. The lowest BCUT2D eigenvalue weighted by Crippen LogP contribution is -2.35. The van der Waals surface area contributed by atoms with Crippen LogP contribution in [0.3, 0.4) is 0 Å². The zero-order valence-electron chi connectivity index (χ0n) is 11.8. The Morgan fingerprint density at radius 1 is 1.43 bits per heavy atom. The average molecular weight is 313 g/mol. The minimum atomic E-state index is -3.58. The number of methoxy groups -OCH3 is 1. The molecule has 3 N–H and O–H groups in total. The van der Waals surface area contributed by atoms with Crippen molar-refractivity contribution < 1.29 is 18.4 Å². The summed E-state index contributed by atoms with van der Waals surface area (Å²) in [6, 6.07) is 6.27. The molecule has 0 heterocycles.